The van der Waals surface area contributed by atoms with Crippen molar-refractivity contribution in [3.05, 3.63) is 12.2 Å². The van der Waals surface area contributed by atoms with Gasteiger partial charge in [0.1, 0.15) is 0 Å². The summed E-state index contributed by atoms with van der Waals surface area (Å²) in [5, 5.41) is 21.1. The Morgan fingerprint density at radius 2 is 1.12 bits per heavy atom. The Hall–Kier alpha value is -0.620. The van der Waals surface area contributed by atoms with E-state index in [-0.39, 0.29) is 0 Å². The second-order valence-corrected chi connectivity index (χ2v) is 14.1. The Morgan fingerprint density at radius 1 is 0.750 bits per heavy atom. The number of aliphatic carboxylic acids is 2. The molecule has 2 saturated heterocycles. The predicted octanol–water partition coefficient (Wildman–Crippen LogP) is 7.41. The molecule has 4 unspecified atom stereocenters. The summed E-state index contributed by atoms with van der Waals surface area (Å²) >= 11 is 4.20. The lowest BCUT2D eigenvalue weighted by Gasteiger charge is -2.30. The van der Waals surface area contributed by atoms with Gasteiger partial charge in [0.05, 0.1) is 10.8 Å². The highest BCUT2D eigenvalue weighted by molar-refractivity contribution is 8.01. The van der Waals surface area contributed by atoms with Crippen LogP contribution in [0.5, 0.6) is 0 Å². The Morgan fingerprint density at radius 3 is 1.47 bits per heavy atom. The molecule has 2 heterocycles. The molecule has 0 saturated carbocycles. The molecule has 0 aromatic rings. The van der Waals surface area contributed by atoms with E-state index in [2.05, 4.69) is 35.7 Å². The second-order valence-electron chi connectivity index (χ2n) is 11.0. The van der Waals surface area contributed by atoms with Gasteiger partial charge in [-0.1, -0.05) is 37.8 Å². The van der Waals surface area contributed by atoms with Gasteiger partial charge >= 0.3 is 11.9 Å². The summed E-state index contributed by atoms with van der Waals surface area (Å²) in [5.74, 6) is -1.38. The topological polar surface area (TPSA) is 74.6 Å². The van der Waals surface area contributed by atoms with Crippen LogP contribution < -0.4 is 0 Å². The van der Waals surface area contributed by atoms with E-state index in [4.69, 9.17) is 0 Å². The summed E-state index contributed by atoms with van der Waals surface area (Å²) in [6.07, 6.45) is 18.2. The fourth-order valence-corrected chi connectivity index (χ4v) is 7.74. The molecule has 6 heteroatoms. The normalized spacial score (nSPS) is 27.5. The van der Waals surface area contributed by atoms with Crippen LogP contribution in [0.4, 0.5) is 0 Å². The maximum absolute atomic E-state index is 11.3. The van der Waals surface area contributed by atoms with Gasteiger partial charge in [0, 0.05) is 21.0 Å². The molecule has 2 aliphatic heterocycles. The van der Waals surface area contributed by atoms with Gasteiger partial charge in [-0.3, -0.25) is 9.59 Å². The number of carboxylic acid groups (broad SMARTS) is 2. The van der Waals surface area contributed by atoms with E-state index in [9.17, 15) is 19.8 Å². The molecule has 0 radical (unpaired) electrons. The molecule has 32 heavy (non-hydrogen) atoms. The maximum atomic E-state index is 11.3. The molecule has 2 fully saturated rings. The minimum atomic E-state index is -0.691. The molecule has 0 aromatic heterocycles. The molecule has 4 nitrogen and oxygen atoms in total. The summed E-state index contributed by atoms with van der Waals surface area (Å²) in [6.45, 7) is 7.32. The minimum Gasteiger partial charge on any atom is -0.481 e. The number of thioether (sulfide) groups is 2. The first-order valence-electron chi connectivity index (χ1n) is 12.5. The Kier molecular flexibility index (Phi) is 11.0. The van der Waals surface area contributed by atoms with Gasteiger partial charge in [0.15, 0.2) is 0 Å². The quantitative estimate of drug-likeness (QED) is 0.281. The van der Waals surface area contributed by atoms with Crippen molar-refractivity contribution < 1.29 is 19.8 Å². The molecule has 0 aromatic carbocycles. The van der Waals surface area contributed by atoms with Gasteiger partial charge in [0.25, 0.3) is 0 Å². The number of hydrogen-bond donors (Lipinski definition) is 2. The standard InChI is InChI=1S/C26H44O4S2/c1-25(2,23(27)28)17-7-13-19-9-5-11-21(31-19)15-16-22-12-6-10-20(32-22)14-8-18-26(3,4)24(29)30/h15-16,19-22H,5-14,17-18H2,1-4H3,(H,27,28)(H,29,30). The molecule has 4 atom stereocenters. The van der Waals surface area contributed by atoms with E-state index in [1.807, 2.05) is 27.7 Å². The fraction of sp³-hybridized carbons (Fsp3) is 0.846. The Balaban J connectivity index is 1.72. The van der Waals surface area contributed by atoms with E-state index < -0.39 is 22.8 Å². The van der Waals surface area contributed by atoms with Crippen molar-refractivity contribution in [2.45, 2.75) is 126 Å². The zero-order valence-electron chi connectivity index (χ0n) is 20.5. The van der Waals surface area contributed by atoms with Gasteiger partial charge in [-0.2, -0.15) is 23.5 Å². The summed E-state index contributed by atoms with van der Waals surface area (Å²) in [7, 11) is 0. The third-order valence-corrected chi connectivity index (χ3v) is 10.3. The van der Waals surface area contributed by atoms with Crippen LogP contribution in [-0.4, -0.2) is 43.2 Å². The van der Waals surface area contributed by atoms with Gasteiger partial charge < -0.3 is 10.2 Å². The summed E-state index contributed by atoms with van der Waals surface area (Å²) in [5.41, 5.74) is -1.23. The number of carbonyl (C=O) groups is 2. The van der Waals surface area contributed by atoms with Gasteiger partial charge in [-0.15, -0.1) is 0 Å². The lowest BCUT2D eigenvalue weighted by molar-refractivity contribution is -0.148. The van der Waals surface area contributed by atoms with Crippen molar-refractivity contribution >= 4 is 35.5 Å². The van der Waals surface area contributed by atoms with E-state index in [0.717, 1.165) is 38.5 Å². The van der Waals surface area contributed by atoms with Crippen molar-refractivity contribution in [3.8, 4) is 0 Å². The zero-order chi connectivity index (χ0) is 23.8. The van der Waals surface area contributed by atoms with Crippen molar-refractivity contribution in [1.82, 2.24) is 0 Å². The van der Waals surface area contributed by atoms with Crippen LogP contribution in [-0.2, 0) is 9.59 Å². The maximum Gasteiger partial charge on any atom is 0.309 e. The van der Waals surface area contributed by atoms with E-state index in [1.165, 1.54) is 38.5 Å². The predicted molar refractivity (Wildman–Crippen MR) is 138 cm³/mol. The van der Waals surface area contributed by atoms with Crippen LogP contribution in [0, 0.1) is 10.8 Å². The monoisotopic (exact) mass is 484 g/mol. The highest BCUT2D eigenvalue weighted by Crippen LogP contribution is 2.39. The van der Waals surface area contributed by atoms with Gasteiger partial charge in [0.2, 0.25) is 0 Å². The number of hydrogen-bond acceptors (Lipinski definition) is 4. The van der Waals surface area contributed by atoms with Crippen molar-refractivity contribution in [2.75, 3.05) is 0 Å². The first-order valence-corrected chi connectivity index (χ1v) is 14.3. The first kappa shape index (κ1) is 27.6. The van der Waals surface area contributed by atoms with Crippen molar-refractivity contribution in [1.29, 1.82) is 0 Å². The zero-order valence-corrected chi connectivity index (χ0v) is 22.1. The highest BCUT2D eigenvalue weighted by Gasteiger charge is 2.29. The highest BCUT2D eigenvalue weighted by atomic mass is 32.2. The molecule has 0 spiro atoms. The van der Waals surface area contributed by atoms with Crippen LogP contribution in [0.1, 0.15) is 105 Å². The molecule has 2 rings (SSSR count). The lowest BCUT2D eigenvalue weighted by Crippen LogP contribution is -2.24. The van der Waals surface area contributed by atoms with Crippen molar-refractivity contribution in [3.63, 3.8) is 0 Å². The molecule has 2 N–H and O–H groups in total. The number of carboxylic acids is 2. The largest absolute Gasteiger partial charge is 0.481 e. The lowest BCUT2D eigenvalue weighted by atomic mass is 9.87. The minimum absolute atomic E-state index is 0.596. The average molecular weight is 485 g/mol. The number of rotatable bonds is 12. The smallest absolute Gasteiger partial charge is 0.309 e. The molecular formula is C26H44O4S2. The third-order valence-electron chi connectivity index (χ3n) is 7.12. The average Bonchev–Trinajstić information content (AvgIpc) is 2.72. The fourth-order valence-electron chi connectivity index (χ4n) is 4.57. The Labute approximate surface area is 203 Å². The SMILES string of the molecule is CC(C)(CCCC1CCCC(C=CC2CCCC(CCCC(C)(C)C(=O)O)S2)S1)C(=O)O. The van der Waals surface area contributed by atoms with Crippen molar-refractivity contribution in [2.24, 2.45) is 10.8 Å². The van der Waals surface area contributed by atoms with Gasteiger partial charge in [-0.25, -0.2) is 0 Å². The van der Waals surface area contributed by atoms with E-state index >= 15 is 0 Å². The van der Waals surface area contributed by atoms with Crippen LogP contribution in [0.2, 0.25) is 0 Å². The van der Waals surface area contributed by atoms with Crippen LogP contribution in [0.15, 0.2) is 12.2 Å². The van der Waals surface area contributed by atoms with Crippen LogP contribution in [0.25, 0.3) is 0 Å². The summed E-state index contributed by atoms with van der Waals surface area (Å²) in [6, 6.07) is 0. The molecule has 2 aliphatic rings. The van der Waals surface area contributed by atoms with Crippen LogP contribution >= 0.6 is 23.5 Å². The molecule has 0 bridgehead atoms. The molecule has 184 valence electrons. The Bertz CT molecular complexity index is 590. The second kappa shape index (κ2) is 12.7. The molecule has 0 amide bonds. The van der Waals surface area contributed by atoms with E-state index in [1.54, 1.807) is 0 Å². The molecule has 0 aliphatic carbocycles. The summed E-state index contributed by atoms with van der Waals surface area (Å²) in [4.78, 5) is 22.6. The third kappa shape index (κ3) is 9.32. The van der Waals surface area contributed by atoms with Crippen LogP contribution in [0.3, 0.4) is 0 Å². The summed E-state index contributed by atoms with van der Waals surface area (Å²) < 4.78 is 0. The van der Waals surface area contributed by atoms with E-state index in [0.29, 0.717) is 21.0 Å². The van der Waals surface area contributed by atoms with Gasteiger partial charge in [-0.05, 0) is 79.1 Å². The molecular weight excluding hydrogens is 440 g/mol. The first-order chi connectivity index (χ1) is 15.0.